The lowest BCUT2D eigenvalue weighted by molar-refractivity contribution is -0.117. The zero-order valence-electron chi connectivity index (χ0n) is 15.5. The number of benzene rings is 2. The van der Waals surface area contributed by atoms with Crippen LogP contribution in [0.2, 0.25) is 0 Å². The van der Waals surface area contributed by atoms with E-state index in [0.717, 1.165) is 15.8 Å². The molecule has 2 aromatic carbocycles. The Morgan fingerprint density at radius 1 is 1.18 bits per heavy atom. The van der Waals surface area contributed by atoms with E-state index >= 15 is 0 Å². The molecule has 2 N–H and O–H groups in total. The summed E-state index contributed by atoms with van der Waals surface area (Å²) in [6.45, 7) is 1.89. The Morgan fingerprint density at radius 3 is 2.57 bits per heavy atom. The van der Waals surface area contributed by atoms with Crippen molar-refractivity contribution in [1.29, 1.82) is 0 Å². The van der Waals surface area contributed by atoms with Gasteiger partial charge in [0.1, 0.15) is 6.04 Å². The van der Waals surface area contributed by atoms with Gasteiger partial charge in [-0.25, -0.2) is 13.4 Å². The normalized spacial score (nSPS) is 12.8. The molecule has 3 aromatic rings. The molecule has 0 saturated carbocycles. The van der Waals surface area contributed by atoms with Gasteiger partial charge >= 0.3 is 0 Å². The molecule has 148 valence electrons. The Kier molecular flexibility index (Phi) is 6.71. The molecule has 0 fully saturated rings. The summed E-state index contributed by atoms with van der Waals surface area (Å²) in [5.74, 6) is 0.234. The number of thioether (sulfide) groups is 1. The number of thiazole rings is 1. The fourth-order valence-electron chi connectivity index (χ4n) is 2.57. The summed E-state index contributed by atoms with van der Waals surface area (Å²) in [6.07, 6.45) is 2.29. The number of carbonyl (C=O) groups excluding carboxylic acids is 1. The highest BCUT2D eigenvalue weighted by Gasteiger charge is 2.26. The molecule has 1 aromatic heterocycles. The number of carbonyl (C=O) groups is 1. The second kappa shape index (κ2) is 9.04. The third-order valence-corrected chi connectivity index (χ3v) is 7.16. The molecule has 1 atom stereocenters. The fraction of sp³-hybridized carbons (Fsp3) is 0.263. The van der Waals surface area contributed by atoms with E-state index in [0.29, 0.717) is 17.3 Å². The number of hydrogen-bond donors (Lipinski definition) is 2. The molecule has 0 aliphatic heterocycles. The van der Waals surface area contributed by atoms with Gasteiger partial charge in [0.2, 0.25) is 15.9 Å². The summed E-state index contributed by atoms with van der Waals surface area (Å²) >= 11 is 2.91. The Bertz CT molecular complexity index is 1030. The number of aromatic nitrogens is 1. The summed E-state index contributed by atoms with van der Waals surface area (Å²) in [6, 6.07) is 13.2. The van der Waals surface area contributed by atoms with Crippen LogP contribution in [0.5, 0.6) is 0 Å². The van der Waals surface area contributed by atoms with Crippen LogP contribution in [0, 0.1) is 6.92 Å². The zero-order chi connectivity index (χ0) is 20.1. The average molecular weight is 436 g/mol. The topological polar surface area (TPSA) is 88.2 Å². The predicted octanol–water partition coefficient (Wildman–Crippen LogP) is 3.64. The third kappa shape index (κ3) is 5.11. The van der Waals surface area contributed by atoms with Crippen LogP contribution in [-0.4, -0.2) is 37.4 Å². The van der Waals surface area contributed by atoms with Crippen LogP contribution in [-0.2, 0) is 14.8 Å². The van der Waals surface area contributed by atoms with Gasteiger partial charge in [0.15, 0.2) is 5.13 Å². The molecule has 0 radical (unpaired) electrons. The lowest BCUT2D eigenvalue weighted by Gasteiger charge is -2.17. The maximum absolute atomic E-state index is 12.8. The molecular formula is C19H21N3O3S3. The largest absolute Gasteiger partial charge is 0.301 e. The van der Waals surface area contributed by atoms with Crippen LogP contribution < -0.4 is 10.0 Å². The van der Waals surface area contributed by atoms with Crippen LogP contribution >= 0.6 is 23.1 Å². The van der Waals surface area contributed by atoms with Crippen molar-refractivity contribution in [3.63, 3.8) is 0 Å². The Labute approximate surface area is 172 Å². The highest BCUT2D eigenvalue weighted by atomic mass is 32.2. The average Bonchev–Trinajstić information content (AvgIpc) is 3.07. The van der Waals surface area contributed by atoms with Crippen molar-refractivity contribution in [3.8, 4) is 0 Å². The van der Waals surface area contributed by atoms with Crippen molar-refractivity contribution in [1.82, 2.24) is 9.71 Å². The molecule has 9 heteroatoms. The first-order valence-corrected chi connectivity index (χ1v) is 12.3. The number of sulfonamides is 1. The van der Waals surface area contributed by atoms with Crippen LogP contribution in [0.1, 0.15) is 12.0 Å². The summed E-state index contributed by atoms with van der Waals surface area (Å²) in [5, 5.41) is 3.21. The molecule has 6 nitrogen and oxygen atoms in total. The van der Waals surface area contributed by atoms with Crippen molar-refractivity contribution in [2.75, 3.05) is 17.3 Å². The van der Waals surface area contributed by atoms with E-state index in [1.807, 2.05) is 37.4 Å². The van der Waals surface area contributed by atoms with Gasteiger partial charge in [-0.2, -0.15) is 16.5 Å². The van der Waals surface area contributed by atoms with E-state index in [2.05, 4.69) is 15.0 Å². The van der Waals surface area contributed by atoms with Crippen LogP contribution in [0.3, 0.4) is 0 Å². The number of hydrogen-bond acceptors (Lipinski definition) is 6. The van der Waals surface area contributed by atoms with E-state index in [1.165, 1.54) is 23.5 Å². The quantitative estimate of drug-likeness (QED) is 0.564. The first kappa shape index (κ1) is 20.8. The molecule has 0 bridgehead atoms. The number of rotatable bonds is 8. The van der Waals surface area contributed by atoms with E-state index in [-0.39, 0.29) is 4.90 Å². The SMILES string of the molecule is CSCCC(NS(=O)(=O)c1ccc(C)cc1)C(=O)Nc1nc2ccccc2s1. The van der Waals surface area contributed by atoms with Gasteiger partial charge < -0.3 is 5.32 Å². The summed E-state index contributed by atoms with van der Waals surface area (Å²) < 4.78 is 28.9. The predicted molar refractivity (Wildman–Crippen MR) is 117 cm³/mol. The Morgan fingerprint density at radius 2 is 1.89 bits per heavy atom. The lowest BCUT2D eigenvalue weighted by Crippen LogP contribution is -2.44. The Hall–Kier alpha value is -1.94. The van der Waals surface area contributed by atoms with E-state index < -0.39 is 22.0 Å². The second-order valence-corrected chi connectivity index (χ2v) is 9.97. The van der Waals surface area contributed by atoms with Crippen molar-refractivity contribution in [3.05, 3.63) is 54.1 Å². The molecular weight excluding hydrogens is 414 g/mol. The maximum Gasteiger partial charge on any atom is 0.244 e. The first-order valence-electron chi connectivity index (χ1n) is 8.63. The second-order valence-electron chi connectivity index (χ2n) is 6.24. The third-order valence-electron chi connectivity index (χ3n) is 4.08. The maximum atomic E-state index is 12.8. The molecule has 0 aliphatic rings. The molecule has 28 heavy (non-hydrogen) atoms. The number of aryl methyl sites for hydroxylation is 1. The van der Waals surface area contributed by atoms with E-state index in [9.17, 15) is 13.2 Å². The van der Waals surface area contributed by atoms with Crippen LogP contribution in [0.4, 0.5) is 5.13 Å². The number of anilines is 1. The van der Waals surface area contributed by atoms with Gasteiger partial charge in [-0.3, -0.25) is 4.79 Å². The molecule has 1 unspecified atom stereocenters. The smallest absolute Gasteiger partial charge is 0.244 e. The fourth-order valence-corrected chi connectivity index (χ4v) is 5.14. The van der Waals surface area contributed by atoms with Gasteiger partial charge in [-0.05, 0) is 49.6 Å². The summed E-state index contributed by atoms with van der Waals surface area (Å²) in [7, 11) is -3.81. The standard InChI is InChI=1S/C19H21N3O3S3/c1-13-7-9-14(10-8-13)28(24,25)22-16(11-12-26-2)18(23)21-19-20-15-5-3-4-6-17(15)27-19/h3-10,16,22H,11-12H2,1-2H3,(H,20,21,23). The van der Waals surface area contributed by atoms with Crippen molar-refractivity contribution < 1.29 is 13.2 Å². The number of nitrogens with one attached hydrogen (secondary N) is 2. The minimum absolute atomic E-state index is 0.139. The van der Waals surface area contributed by atoms with Gasteiger partial charge in [0, 0.05) is 0 Å². The lowest BCUT2D eigenvalue weighted by atomic mass is 10.2. The number of para-hydroxylation sites is 1. The molecule has 3 rings (SSSR count). The number of fused-ring (bicyclic) bond motifs is 1. The minimum atomic E-state index is -3.81. The van der Waals surface area contributed by atoms with E-state index in [4.69, 9.17) is 0 Å². The van der Waals surface area contributed by atoms with Gasteiger partial charge in [0.05, 0.1) is 15.1 Å². The molecule has 0 aliphatic carbocycles. The monoisotopic (exact) mass is 435 g/mol. The molecule has 0 saturated heterocycles. The molecule has 1 amide bonds. The highest BCUT2D eigenvalue weighted by Crippen LogP contribution is 2.25. The Balaban J connectivity index is 1.78. The van der Waals surface area contributed by atoms with Gasteiger partial charge in [0.25, 0.3) is 0 Å². The number of nitrogens with zero attached hydrogens (tertiary/aromatic N) is 1. The molecule has 0 spiro atoms. The van der Waals surface area contributed by atoms with E-state index in [1.54, 1.807) is 23.9 Å². The summed E-state index contributed by atoms with van der Waals surface area (Å²) in [4.78, 5) is 17.3. The molecule has 1 heterocycles. The van der Waals surface area contributed by atoms with Crippen LogP contribution in [0.25, 0.3) is 10.2 Å². The van der Waals surface area contributed by atoms with Crippen molar-refractivity contribution in [2.24, 2.45) is 0 Å². The first-order chi connectivity index (χ1) is 13.4. The van der Waals surface area contributed by atoms with Gasteiger partial charge in [-0.1, -0.05) is 41.2 Å². The van der Waals surface area contributed by atoms with Crippen LogP contribution in [0.15, 0.2) is 53.4 Å². The zero-order valence-corrected chi connectivity index (χ0v) is 18.0. The number of amides is 1. The van der Waals surface area contributed by atoms with Crippen molar-refractivity contribution >= 4 is 54.4 Å². The minimum Gasteiger partial charge on any atom is -0.301 e. The highest BCUT2D eigenvalue weighted by molar-refractivity contribution is 7.98. The van der Waals surface area contributed by atoms with Crippen molar-refractivity contribution in [2.45, 2.75) is 24.3 Å². The summed E-state index contributed by atoms with van der Waals surface area (Å²) in [5.41, 5.74) is 1.76. The van der Waals surface area contributed by atoms with Gasteiger partial charge in [-0.15, -0.1) is 0 Å².